The second-order valence-corrected chi connectivity index (χ2v) is 6.22. The summed E-state index contributed by atoms with van der Waals surface area (Å²) in [6.45, 7) is 4.26. The van der Waals surface area contributed by atoms with Crippen LogP contribution < -0.4 is 10.1 Å². The molecule has 0 bridgehead atoms. The minimum atomic E-state index is -0.459. The Morgan fingerprint density at radius 2 is 1.96 bits per heavy atom. The number of benzene rings is 1. The van der Waals surface area contributed by atoms with Crippen LogP contribution in [0, 0.1) is 25.2 Å². The first-order valence-electron chi connectivity index (χ1n) is 8.94. The first-order valence-corrected chi connectivity index (χ1v) is 8.94. The number of methoxy groups -OCH3 is 1. The molecule has 2 aromatic rings. The van der Waals surface area contributed by atoms with Gasteiger partial charge in [-0.15, -0.1) is 0 Å². The highest BCUT2D eigenvalue weighted by Crippen LogP contribution is 2.18. The highest BCUT2D eigenvalue weighted by atomic mass is 16.6. The normalized spacial score (nSPS) is 10.2. The molecular weight excluding hydrogens is 360 g/mol. The van der Waals surface area contributed by atoms with Crippen LogP contribution in [0.5, 0.6) is 5.75 Å². The van der Waals surface area contributed by atoms with Crippen LogP contribution in [-0.2, 0) is 27.3 Å². The number of nitrogens with one attached hydrogen (secondary N) is 1. The maximum Gasteiger partial charge on any atom is 0.343 e. The molecule has 28 heavy (non-hydrogen) atoms. The zero-order valence-corrected chi connectivity index (χ0v) is 16.3. The number of ether oxygens (including phenoxy) is 2. The Morgan fingerprint density at radius 1 is 1.25 bits per heavy atom. The van der Waals surface area contributed by atoms with Gasteiger partial charge in [0.2, 0.25) is 5.91 Å². The predicted octanol–water partition coefficient (Wildman–Crippen LogP) is 2.54. The Bertz CT molecular complexity index is 866. The van der Waals surface area contributed by atoms with Gasteiger partial charge in [0, 0.05) is 17.8 Å². The lowest BCUT2D eigenvalue weighted by Crippen LogP contribution is -2.13. The van der Waals surface area contributed by atoms with Crippen molar-refractivity contribution < 1.29 is 19.1 Å². The van der Waals surface area contributed by atoms with Crippen molar-refractivity contribution in [2.75, 3.05) is 19.0 Å². The number of hydrogen-bond donors (Lipinski definition) is 1. The van der Waals surface area contributed by atoms with Crippen molar-refractivity contribution in [1.82, 2.24) is 9.78 Å². The van der Waals surface area contributed by atoms with Gasteiger partial charge in [-0.1, -0.05) is 0 Å². The molecule has 148 valence electrons. The number of rotatable bonds is 9. The molecule has 1 N–H and O–H groups in total. The van der Waals surface area contributed by atoms with E-state index in [0.717, 1.165) is 17.0 Å². The minimum absolute atomic E-state index is 0.105. The van der Waals surface area contributed by atoms with E-state index in [2.05, 4.69) is 21.2 Å². The Balaban J connectivity index is 1.87. The van der Waals surface area contributed by atoms with E-state index in [1.807, 2.05) is 18.5 Å². The van der Waals surface area contributed by atoms with Crippen LogP contribution in [-0.4, -0.2) is 35.4 Å². The maximum absolute atomic E-state index is 12.3. The highest BCUT2D eigenvalue weighted by Gasteiger charge is 2.13. The number of nitrogens with zero attached hydrogens (tertiary/aromatic N) is 3. The van der Waals surface area contributed by atoms with Crippen molar-refractivity contribution >= 4 is 17.6 Å². The van der Waals surface area contributed by atoms with Crippen LogP contribution in [0.1, 0.15) is 29.8 Å². The van der Waals surface area contributed by atoms with Gasteiger partial charge in [-0.25, -0.2) is 4.79 Å². The van der Waals surface area contributed by atoms with Gasteiger partial charge in [-0.3, -0.25) is 9.48 Å². The molecule has 1 aromatic heterocycles. The molecule has 8 nitrogen and oxygen atoms in total. The molecular formula is C20H24N4O4. The van der Waals surface area contributed by atoms with Gasteiger partial charge in [0.1, 0.15) is 5.75 Å². The van der Waals surface area contributed by atoms with Crippen molar-refractivity contribution in [3.8, 4) is 11.8 Å². The molecule has 0 aliphatic heterocycles. The summed E-state index contributed by atoms with van der Waals surface area (Å²) in [6, 6.07) is 8.88. The molecule has 8 heteroatoms. The van der Waals surface area contributed by atoms with E-state index in [4.69, 9.17) is 10.00 Å². The minimum Gasteiger partial charge on any atom is -0.482 e. The molecule has 0 radical (unpaired) electrons. The average Bonchev–Trinajstić information content (AvgIpc) is 2.96. The fourth-order valence-electron chi connectivity index (χ4n) is 2.77. The van der Waals surface area contributed by atoms with Gasteiger partial charge in [-0.2, -0.15) is 10.4 Å². The van der Waals surface area contributed by atoms with Gasteiger partial charge < -0.3 is 14.8 Å². The van der Waals surface area contributed by atoms with Gasteiger partial charge in [0.05, 0.1) is 31.8 Å². The molecule has 1 aromatic carbocycles. The molecule has 0 atom stereocenters. The highest BCUT2D eigenvalue weighted by molar-refractivity contribution is 5.90. The second-order valence-electron chi connectivity index (χ2n) is 6.22. The summed E-state index contributed by atoms with van der Waals surface area (Å²) in [5, 5.41) is 16.0. The summed E-state index contributed by atoms with van der Waals surface area (Å²) in [5.41, 5.74) is 3.57. The fourth-order valence-corrected chi connectivity index (χ4v) is 2.77. The van der Waals surface area contributed by atoms with Crippen molar-refractivity contribution in [2.45, 2.75) is 39.7 Å². The summed E-state index contributed by atoms with van der Waals surface area (Å²) in [5.74, 6) is -0.0508. The summed E-state index contributed by atoms with van der Waals surface area (Å²) >= 11 is 0. The molecule has 1 heterocycles. The Hall–Kier alpha value is -3.34. The smallest absolute Gasteiger partial charge is 0.343 e. The number of esters is 1. The number of aryl methyl sites for hydroxylation is 2. The van der Waals surface area contributed by atoms with E-state index in [-0.39, 0.29) is 12.5 Å². The van der Waals surface area contributed by atoms with Gasteiger partial charge in [-0.05, 0) is 50.1 Å². The standard InChI is InChI=1S/C20H24N4O4/c1-14-18(15(2)24(23-14)12-4-11-21)9-10-19(25)22-16-5-7-17(8-6-16)28-13-20(26)27-3/h5-8H,4,9-10,12-13H2,1-3H3,(H,22,25). The van der Waals surface area contributed by atoms with Crippen LogP contribution >= 0.6 is 0 Å². The SMILES string of the molecule is COC(=O)COc1ccc(NC(=O)CCc2c(C)nn(CCC#N)c2C)cc1. The lowest BCUT2D eigenvalue weighted by molar-refractivity contribution is -0.142. The molecule has 0 saturated heterocycles. The second kappa shape index (κ2) is 10.1. The quantitative estimate of drug-likeness (QED) is 0.666. The molecule has 2 rings (SSSR count). The van der Waals surface area contributed by atoms with E-state index >= 15 is 0 Å². The van der Waals surface area contributed by atoms with Crippen LogP contribution in [0.2, 0.25) is 0 Å². The van der Waals surface area contributed by atoms with Crippen LogP contribution in [0.4, 0.5) is 5.69 Å². The largest absolute Gasteiger partial charge is 0.482 e. The average molecular weight is 384 g/mol. The molecule has 0 aliphatic rings. The molecule has 0 unspecified atom stereocenters. The first-order chi connectivity index (χ1) is 13.4. The summed E-state index contributed by atoms with van der Waals surface area (Å²) in [7, 11) is 1.30. The van der Waals surface area contributed by atoms with Crippen molar-refractivity contribution in [1.29, 1.82) is 5.26 Å². The van der Waals surface area contributed by atoms with Crippen LogP contribution in [0.15, 0.2) is 24.3 Å². The first kappa shape index (κ1) is 21.0. The van der Waals surface area contributed by atoms with E-state index in [1.54, 1.807) is 24.3 Å². The monoisotopic (exact) mass is 384 g/mol. The molecule has 0 spiro atoms. The van der Waals surface area contributed by atoms with E-state index in [9.17, 15) is 9.59 Å². The third-order valence-electron chi connectivity index (χ3n) is 4.29. The number of nitriles is 1. The number of hydrogen-bond acceptors (Lipinski definition) is 6. The Kier molecular flexibility index (Phi) is 7.57. The van der Waals surface area contributed by atoms with Gasteiger partial charge in [0.15, 0.2) is 6.61 Å². The zero-order chi connectivity index (χ0) is 20.5. The molecule has 0 fully saturated rings. The van der Waals surface area contributed by atoms with E-state index in [1.165, 1.54) is 7.11 Å². The van der Waals surface area contributed by atoms with Gasteiger partial charge >= 0.3 is 5.97 Å². The maximum atomic E-state index is 12.3. The molecule has 0 aliphatic carbocycles. The van der Waals surface area contributed by atoms with E-state index < -0.39 is 5.97 Å². The third kappa shape index (κ3) is 5.84. The van der Waals surface area contributed by atoms with E-state index in [0.29, 0.717) is 37.2 Å². The predicted molar refractivity (Wildman–Crippen MR) is 103 cm³/mol. The summed E-state index contributed by atoms with van der Waals surface area (Å²) in [4.78, 5) is 23.3. The van der Waals surface area contributed by atoms with Crippen molar-refractivity contribution in [3.63, 3.8) is 0 Å². The Labute approximate surface area is 164 Å². The topological polar surface area (TPSA) is 106 Å². The molecule has 1 amide bonds. The lowest BCUT2D eigenvalue weighted by Gasteiger charge is -2.08. The number of amides is 1. The number of anilines is 1. The Morgan fingerprint density at radius 3 is 2.61 bits per heavy atom. The zero-order valence-electron chi connectivity index (χ0n) is 16.3. The van der Waals surface area contributed by atoms with Crippen molar-refractivity contribution in [3.05, 3.63) is 41.2 Å². The number of carbonyl (C=O) groups is 2. The summed E-state index contributed by atoms with van der Waals surface area (Å²) < 4.78 is 11.6. The van der Waals surface area contributed by atoms with Crippen LogP contribution in [0.25, 0.3) is 0 Å². The third-order valence-corrected chi connectivity index (χ3v) is 4.29. The number of carbonyl (C=O) groups excluding carboxylic acids is 2. The summed E-state index contributed by atoms with van der Waals surface area (Å²) in [6.07, 6.45) is 1.31. The van der Waals surface area contributed by atoms with Crippen LogP contribution in [0.3, 0.4) is 0 Å². The fraction of sp³-hybridized carbons (Fsp3) is 0.400. The van der Waals surface area contributed by atoms with Crippen molar-refractivity contribution in [2.24, 2.45) is 0 Å². The van der Waals surface area contributed by atoms with Gasteiger partial charge in [0.25, 0.3) is 0 Å². The lowest BCUT2D eigenvalue weighted by atomic mass is 10.1. The number of aromatic nitrogens is 2. The molecule has 0 saturated carbocycles.